The molecule has 2 nitrogen and oxygen atoms in total. The SMILES string of the molecule is [CH2]NN(C(C)C)C(C)(C)C. The predicted octanol–water partition coefficient (Wildman–Crippen LogP) is 1.79. The average Bonchev–Trinajstić information content (AvgIpc) is 1.60. The van der Waals surface area contributed by atoms with E-state index in [2.05, 4.69) is 52.1 Å². The summed E-state index contributed by atoms with van der Waals surface area (Å²) in [6, 6.07) is 0.484. The van der Waals surface area contributed by atoms with Gasteiger partial charge in [-0.25, -0.2) is 5.01 Å². The normalized spacial score (nSPS) is 13.2. The summed E-state index contributed by atoms with van der Waals surface area (Å²) < 4.78 is 0. The molecule has 0 aromatic carbocycles. The van der Waals surface area contributed by atoms with E-state index in [1.165, 1.54) is 0 Å². The van der Waals surface area contributed by atoms with Gasteiger partial charge in [-0.05, 0) is 34.6 Å². The summed E-state index contributed by atoms with van der Waals surface area (Å²) in [4.78, 5) is 0. The fourth-order valence-corrected chi connectivity index (χ4v) is 1.19. The first kappa shape index (κ1) is 9.92. The number of rotatable bonds is 2. The smallest absolute Gasteiger partial charge is 0.0272 e. The molecule has 0 aliphatic rings. The van der Waals surface area contributed by atoms with Crippen molar-refractivity contribution >= 4 is 0 Å². The van der Waals surface area contributed by atoms with Gasteiger partial charge in [-0.15, -0.1) is 0 Å². The van der Waals surface area contributed by atoms with Crippen LogP contribution in [-0.4, -0.2) is 16.6 Å². The van der Waals surface area contributed by atoms with E-state index in [9.17, 15) is 0 Å². The average molecular weight is 143 g/mol. The predicted molar refractivity (Wildman–Crippen MR) is 45.2 cm³/mol. The van der Waals surface area contributed by atoms with E-state index in [4.69, 9.17) is 0 Å². The van der Waals surface area contributed by atoms with Crippen molar-refractivity contribution in [2.24, 2.45) is 0 Å². The zero-order chi connectivity index (χ0) is 8.36. The van der Waals surface area contributed by atoms with Crippen LogP contribution in [0.4, 0.5) is 0 Å². The van der Waals surface area contributed by atoms with Gasteiger partial charge in [0, 0.05) is 18.6 Å². The van der Waals surface area contributed by atoms with Gasteiger partial charge in [0.2, 0.25) is 0 Å². The van der Waals surface area contributed by atoms with Gasteiger partial charge in [0.15, 0.2) is 0 Å². The number of nitrogens with zero attached hydrogens (tertiary/aromatic N) is 1. The third-order valence-corrected chi connectivity index (χ3v) is 1.41. The van der Waals surface area contributed by atoms with Crippen LogP contribution in [0.2, 0.25) is 0 Å². The molecule has 0 bridgehead atoms. The van der Waals surface area contributed by atoms with Crippen molar-refractivity contribution in [1.29, 1.82) is 0 Å². The first-order chi connectivity index (χ1) is 4.39. The second-order valence-electron chi connectivity index (χ2n) is 3.79. The summed E-state index contributed by atoms with van der Waals surface area (Å²) in [5.41, 5.74) is 3.07. The molecule has 0 heterocycles. The van der Waals surface area contributed by atoms with E-state index in [1.54, 1.807) is 0 Å². The Morgan fingerprint density at radius 3 is 1.70 bits per heavy atom. The van der Waals surface area contributed by atoms with Crippen LogP contribution in [0, 0.1) is 7.05 Å². The van der Waals surface area contributed by atoms with Gasteiger partial charge < -0.3 is 0 Å². The van der Waals surface area contributed by atoms with Crippen molar-refractivity contribution in [3.8, 4) is 0 Å². The van der Waals surface area contributed by atoms with Gasteiger partial charge in [-0.3, -0.25) is 5.43 Å². The minimum absolute atomic E-state index is 0.149. The maximum atomic E-state index is 3.65. The Kier molecular flexibility index (Phi) is 3.33. The maximum absolute atomic E-state index is 3.65. The van der Waals surface area contributed by atoms with Gasteiger partial charge in [-0.2, -0.15) is 0 Å². The summed E-state index contributed by atoms with van der Waals surface area (Å²) in [6.07, 6.45) is 0. The fraction of sp³-hybridized carbons (Fsp3) is 0.875. The Morgan fingerprint density at radius 1 is 1.30 bits per heavy atom. The van der Waals surface area contributed by atoms with E-state index in [1.807, 2.05) is 0 Å². The van der Waals surface area contributed by atoms with Crippen LogP contribution in [0.5, 0.6) is 0 Å². The Balaban J connectivity index is 4.07. The number of hydrazine groups is 1. The lowest BCUT2D eigenvalue weighted by atomic mass is 10.1. The molecule has 0 saturated carbocycles. The van der Waals surface area contributed by atoms with Crippen LogP contribution < -0.4 is 5.43 Å². The topological polar surface area (TPSA) is 15.3 Å². The monoisotopic (exact) mass is 143 g/mol. The summed E-state index contributed by atoms with van der Waals surface area (Å²) in [6.45, 7) is 10.8. The molecule has 0 aromatic rings. The summed E-state index contributed by atoms with van der Waals surface area (Å²) in [5, 5.41) is 2.12. The van der Waals surface area contributed by atoms with Gasteiger partial charge in [-0.1, -0.05) is 0 Å². The molecule has 0 rings (SSSR count). The second kappa shape index (κ2) is 3.35. The van der Waals surface area contributed by atoms with Crippen LogP contribution in [0.3, 0.4) is 0 Å². The molecule has 2 heteroatoms. The molecule has 0 fully saturated rings. The van der Waals surface area contributed by atoms with Crippen LogP contribution in [-0.2, 0) is 0 Å². The number of hydrogen-bond acceptors (Lipinski definition) is 2. The molecule has 1 radical (unpaired) electrons. The summed E-state index contributed by atoms with van der Waals surface area (Å²) in [7, 11) is 3.65. The molecule has 1 N–H and O–H groups in total. The maximum Gasteiger partial charge on any atom is 0.0272 e. The fourth-order valence-electron chi connectivity index (χ4n) is 1.19. The first-order valence-corrected chi connectivity index (χ1v) is 3.71. The highest BCUT2D eigenvalue weighted by molar-refractivity contribution is 4.75. The van der Waals surface area contributed by atoms with E-state index >= 15 is 0 Å². The quantitative estimate of drug-likeness (QED) is 0.593. The standard InChI is InChI=1S/C8H19N2/c1-7(2)10(9-6)8(3,4)5/h7,9H,6H2,1-5H3. The van der Waals surface area contributed by atoms with Crippen molar-refractivity contribution in [2.45, 2.75) is 46.2 Å². The molecule has 0 atom stereocenters. The highest BCUT2D eigenvalue weighted by Crippen LogP contribution is 2.12. The highest BCUT2D eigenvalue weighted by Gasteiger charge is 2.21. The molecule has 61 valence electrons. The number of nitrogens with one attached hydrogen (secondary N) is 1. The second-order valence-corrected chi connectivity index (χ2v) is 3.79. The van der Waals surface area contributed by atoms with Gasteiger partial charge in [0.1, 0.15) is 0 Å². The van der Waals surface area contributed by atoms with E-state index in [0.29, 0.717) is 6.04 Å². The van der Waals surface area contributed by atoms with Crippen molar-refractivity contribution in [3.63, 3.8) is 0 Å². The minimum atomic E-state index is 0.149. The summed E-state index contributed by atoms with van der Waals surface area (Å²) >= 11 is 0. The Morgan fingerprint density at radius 2 is 1.70 bits per heavy atom. The van der Waals surface area contributed by atoms with Crippen molar-refractivity contribution < 1.29 is 0 Å². The Bertz CT molecular complexity index is 91.9. The van der Waals surface area contributed by atoms with E-state index in [-0.39, 0.29) is 5.54 Å². The third kappa shape index (κ3) is 2.67. The molecule has 0 aromatic heterocycles. The lowest BCUT2D eigenvalue weighted by Gasteiger charge is -2.37. The number of hydrogen-bond donors (Lipinski definition) is 1. The highest BCUT2D eigenvalue weighted by atomic mass is 15.5. The van der Waals surface area contributed by atoms with Crippen molar-refractivity contribution in [1.82, 2.24) is 10.4 Å². The first-order valence-electron chi connectivity index (χ1n) is 3.71. The van der Waals surface area contributed by atoms with Crippen LogP contribution in [0.1, 0.15) is 34.6 Å². The van der Waals surface area contributed by atoms with Crippen LogP contribution >= 0.6 is 0 Å². The molecule has 0 aliphatic carbocycles. The molecule has 10 heavy (non-hydrogen) atoms. The van der Waals surface area contributed by atoms with Gasteiger partial charge >= 0.3 is 0 Å². The zero-order valence-electron chi connectivity index (χ0n) is 7.73. The van der Waals surface area contributed by atoms with Crippen molar-refractivity contribution in [2.75, 3.05) is 0 Å². The summed E-state index contributed by atoms with van der Waals surface area (Å²) in [5.74, 6) is 0. The molecule has 0 amide bonds. The molecule has 0 spiro atoms. The van der Waals surface area contributed by atoms with Gasteiger partial charge in [0.05, 0.1) is 0 Å². The molecule has 0 aliphatic heterocycles. The third-order valence-electron chi connectivity index (χ3n) is 1.41. The lowest BCUT2D eigenvalue weighted by Crippen LogP contribution is -2.51. The lowest BCUT2D eigenvalue weighted by molar-refractivity contribution is 0.0574. The largest absolute Gasteiger partial charge is 0.253 e. The molecule has 0 unspecified atom stereocenters. The molecular formula is C8H19N2. The van der Waals surface area contributed by atoms with Gasteiger partial charge in [0.25, 0.3) is 0 Å². The minimum Gasteiger partial charge on any atom is -0.253 e. The Hall–Kier alpha value is -0.0800. The molecular weight excluding hydrogens is 124 g/mol. The Labute approximate surface area is 64.6 Å². The molecule has 0 saturated heterocycles. The van der Waals surface area contributed by atoms with E-state index < -0.39 is 0 Å². The van der Waals surface area contributed by atoms with E-state index in [0.717, 1.165) is 0 Å². The van der Waals surface area contributed by atoms with Crippen LogP contribution in [0.25, 0.3) is 0 Å². The zero-order valence-corrected chi connectivity index (χ0v) is 7.73. The van der Waals surface area contributed by atoms with Crippen LogP contribution in [0.15, 0.2) is 0 Å². The van der Waals surface area contributed by atoms with Crippen molar-refractivity contribution in [3.05, 3.63) is 7.05 Å².